The summed E-state index contributed by atoms with van der Waals surface area (Å²) in [6.45, 7) is 1.77. The molecule has 1 N–H and O–H groups in total. The maximum Gasteiger partial charge on any atom is 0.274 e. The lowest BCUT2D eigenvalue weighted by Gasteiger charge is -2.05. The third-order valence-electron chi connectivity index (χ3n) is 2.13. The van der Waals surface area contributed by atoms with Gasteiger partial charge in [-0.05, 0) is 6.92 Å². The van der Waals surface area contributed by atoms with Crippen molar-refractivity contribution in [2.24, 2.45) is 0 Å². The van der Waals surface area contributed by atoms with Gasteiger partial charge in [-0.25, -0.2) is 0 Å². The van der Waals surface area contributed by atoms with E-state index in [0.717, 1.165) is 5.69 Å². The minimum atomic E-state index is -0.238. The number of aromatic amines is 1. The van der Waals surface area contributed by atoms with Gasteiger partial charge in [0.15, 0.2) is 0 Å². The van der Waals surface area contributed by atoms with E-state index in [9.17, 15) is 4.79 Å². The van der Waals surface area contributed by atoms with Crippen LogP contribution in [0, 0.1) is 6.92 Å². The van der Waals surface area contributed by atoms with Crippen molar-refractivity contribution in [1.82, 2.24) is 19.7 Å². The molecule has 17 heavy (non-hydrogen) atoms. The Kier molecular flexibility index (Phi) is 2.82. The van der Waals surface area contributed by atoms with Crippen molar-refractivity contribution in [3.63, 3.8) is 0 Å². The highest BCUT2D eigenvalue weighted by Crippen LogP contribution is 2.15. The van der Waals surface area contributed by atoms with Crippen molar-refractivity contribution < 1.29 is 9.47 Å². The summed E-state index contributed by atoms with van der Waals surface area (Å²) >= 11 is 0. The predicted octanol–water partition coefficient (Wildman–Crippen LogP) is 0.281. The van der Waals surface area contributed by atoms with Crippen molar-refractivity contribution in [2.75, 3.05) is 14.2 Å². The Morgan fingerprint density at radius 2 is 1.76 bits per heavy atom. The van der Waals surface area contributed by atoms with Crippen LogP contribution in [-0.2, 0) is 0 Å². The molecule has 2 rings (SSSR count). The first kappa shape index (κ1) is 11.2. The summed E-state index contributed by atoms with van der Waals surface area (Å²) < 4.78 is 11.2. The quantitative estimate of drug-likeness (QED) is 0.827. The second-order valence-electron chi connectivity index (χ2n) is 3.37. The highest BCUT2D eigenvalue weighted by Gasteiger charge is 2.10. The number of hydrogen-bond donors (Lipinski definition) is 1. The molecule has 0 aromatic carbocycles. The number of nitrogens with one attached hydrogen (secondary N) is 1. The fraction of sp³-hybridized carbons (Fsp3) is 0.300. The van der Waals surface area contributed by atoms with Crippen LogP contribution in [0.25, 0.3) is 5.95 Å². The first-order valence-corrected chi connectivity index (χ1v) is 4.90. The third-order valence-corrected chi connectivity index (χ3v) is 2.13. The molecule has 0 saturated carbocycles. The fourth-order valence-electron chi connectivity index (χ4n) is 1.36. The highest BCUT2D eigenvalue weighted by molar-refractivity contribution is 5.26. The van der Waals surface area contributed by atoms with E-state index in [2.05, 4.69) is 15.1 Å². The Morgan fingerprint density at radius 1 is 1.18 bits per heavy atom. The van der Waals surface area contributed by atoms with Gasteiger partial charge in [-0.1, -0.05) is 0 Å². The number of H-pyrrole nitrogens is 1. The molecule has 7 nitrogen and oxygen atoms in total. The maximum absolute atomic E-state index is 11.6. The molecule has 0 atom stereocenters. The minimum absolute atomic E-state index is 0.180. The normalized spacial score (nSPS) is 10.3. The standard InChI is InChI=1S/C10H12N4O3/c1-6-4-9(15)14(13-6)10-11-7(16-2)5-8(12-10)17-3/h4-5,13H,1-3H3. The fourth-order valence-corrected chi connectivity index (χ4v) is 1.36. The molecule has 0 spiro atoms. The summed E-state index contributed by atoms with van der Waals surface area (Å²) in [4.78, 5) is 19.7. The number of rotatable bonds is 3. The Hall–Kier alpha value is -2.31. The molecule has 7 heteroatoms. The largest absolute Gasteiger partial charge is 0.481 e. The van der Waals surface area contributed by atoms with Crippen molar-refractivity contribution in [1.29, 1.82) is 0 Å². The van der Waals surface area contributed by atoms with E-state index in [1.165, 1.54) is 31.0 Å². The zero-order valence-electron chi connectivity index (χ0n) is 9.72. The lowest BCUT2D eigenvalue weighted by molar-refractivity contribution is 0.369. The van der Waals surface area contributed by atoms with E-state index in [0.29, 0.717) is 11.8 Å². The molecule has 0 aliphatic heterocycles. The number of hydrogen-bond acceptors (Lipinski definition) is 5. The Morgan fingerprint density at radius 3 is 2.18 bits per heavy atom. The van der Waals surface area contributed by atoms with Crippen molar-refractivity contribution in [2.45, 2.75) is 6.92 Å². The molecule has 90 valence electrons. The molecule has 0 bridgehead atoms. The smallest absolute Gasteiger partial charge is 0.274 e. The van der Waals surface area contributed by atoms with Gasteiger partial charge in [-0.2, -0.15) is 14.6 Å². The topological polar surface area (TPSA) is 82.0 Å². The van der Waals surface area contributed by atoms with Crippen LogP contribution in [0.4, 0.5) is 0 Å². The molecule has 2 aromatic rings. The SMILES string of the molecule is COc1cc(OC)nc(-n2[nH]c(C)cc2=O)n1. The van der Waals surface area contributed by atoms with Crippen LogP contribution < -0.4 is 15.0 Å². The van der Waals surface area contributed by atoms with Crippen LogP contribution in [-0.4, -0.2) is 34.0 Å². The zero-order valence-corrected chi connectivity index (χ0v) is 9.72. The lowest BCUT2D eigenvalue weighted by Crippen LogP contribution is -2.17. The highest BCUT2D eigenvalue weighted by atomic mass is 16.5. The van der Waals surface area contributed by atoms with E-state index >= 15 is 0 Å². The monoisotopic (exact) mass is 236 g/mol. The van der Waals surface area contributed by atoms with Crippen LogP contribution in [0.5, 0.6) is 11.8 Å². The van der Waals surface area contributed by atoms with Crippen molar-refractivity contribution in [3.8, 4) is 17.7 Å². The summed E-state index contributed by atoms with van der Waals surface area (Å²) in [5.41, 5.74) is 0.484. The van der Waals surface area contributed by atoms with E-state index < -0.39 is 0 Å². The van der Waals surface area contributed by atoms with Gasteiger partial charge in [-0.3, -0.25) is 9.89 Å². The summed E-state index contributed by atoms with van der Waals surface area (Å²) in [6.07, 6.45) is 0. The van der Waals surface area contributed by atoms with Crippen LogP contribution in [0.2, 0.25) is 0 Å². The first-order valence-electron chi connectivity index (χ1n) is 4.90. The van der Waals surface area contributed by atoms with Gasteiger partial charge in [0, 0.05) is 11.8 Å². The molecule has 0 amide bonds. The summed E-state index contributed by atoms with van der Waals surface area (Å²) in [6, 6.07) is 2.99. The van der Waals surface area contributed by atoms with Gasteiger partial charge in [0.1, 0.15) is 0 Å². The molecule has 0 aliphatic carbocycles. The first-order chi connectivity index (χ1) is 8.13. The number of nitrogens with zero attached hydrogens (tertiary/aromatic N) is 3. The zero-order chi connectivity index (χ0) is 12.4. The van der Waals surface area contributed by atoms with Gasteiger partial charge >= 0.3 is 0 Å². The molecule has 2 aromatic heterocycles. The Balaban J connectivity index is 2.58. The van der Waals surface area contributed by atoms with Crippen LogP contribution in [0.3, 0.4) is 0 Å². The number of aromatic nitrogens is 4. The molecular formula is C10H12N4O3. The summed E-state index contributed by atoms with van der Waals surface area (Å²) in [5.74, 6) is 0.830. The van der Waals surface area contributed by atoms with Gasteiger partial charge < -0.3 is 9.47 Å². The van der Waals surface area contributed by atoms with E-state index in [1.807, 2.05) is 0 Å². The van der Waals surface area contributed by atoms with E-state index in [-0.39, 0.29) is 11.5 Å². The van der Waals surface area contributed by atoms with E-state index in [1.54, 1.807) is 6.92 Å². The third kappa shape index (κ3) is 2.12. The summed E-state index contributed by atoms with van der Waals surface area (Å²) in [5, 5.41) is 2.83. The number of aryl methyl sites for hydroxylation is 1. The molecule has 0 fully saturated rings. The Labute approximate surface area is 97.0 Å². The molecule has 2 heterocycles. The van der Waals surface area contributed by atoms with Crippen LogP contribution >= 0.6 is 0 Å². The van der Waals surface area contributed by atoms with Crippen LogP contribution in [0.1, 0.15) is 5.69 Å². The molecule has 0 saturated heterocycles. The van der Waals surface area contributed by atoms with Crippen LogP contribution in [0.15, 0.2) is 16.9 Å². The molecule has 0 radical (unpaired) electrons. The van der Waals surface area contributed by atoms with Crippen molar-refractivity contribution in [3.05, 3.63) is 28.2 Å². The maximum atomic E-state index is 11.6. The number of ether oxygens (including phenoxy) is 2. The number of methoxy groups -OCH3 is 2. The molecular weight excluding hydrogens is 224 g/mol. The minimum Gasteiger partial charge on any atom is -0.481 e. The van der Waals surface area contributed by atoms with E-state index in [4.69, 9.17) is 9.47 Å². The molecule has 0 unspecified atom stereocenters. The van der Waals surface area contributed by atoms with Crippen molar-refractivity contribution >= 4 is 0 Å². The van der Waals surface area contributed by atoms with Gasteiger partial charge in [0.25, 0.3) is 11.5 Å². The average Bonchev–Trinajstić information content (AvgIpc) is 2.67. The average molecular weight is 236 g/mol. The summed E-state index contributed by atoms with van der Waals surface area (Å²) in [7, 11) is 2.96. The Bertz CT molecular complexity index is 565. The second kappa shape index (κ2) is 4.28. The van der Waals surface area contributed by atoms with Gasteiger partial charge in [0.2, 0.25) is 11.8 Å². The molecule has 0 aliphatic rings. The van der Waals surface area contributed by atoms with Gasteiger partial charge in [0.05, 0.1) is 20.3 Å². The predicted molar refractivity (Wildman–Crippen MR) is 59.8 cm³/mol. The van der Waals surface area contributed by atoms with Gasteiger partial charge in [-0.15, -0.1) is 0 Å². The second-order valence-corrected chi connectivity index (χ2v) is 3.37. The lowest BCUT2D eigenvalue weighted by atomic mass is 10.5.